The van der Waals surface area contributed by atoms with E-state index in [0.717, 1.165) is 48.3 Å². The normalized spacial score (nSPS) is 17.4. The number of aliphatic hydroxyl groups is 1. The van der Waals surface area contributed by atoms with Gasteiger partial charge in [0.05, 0.1) is 23.3 Å². The first-order valence-electron chi connectivity index (χ1n) is 13.0. The Kier molecular flexibility index (Phi) is 7.70. The van der Waals surface area contributed by atoms with Gasteiger partial charge in [0.15, 0.2) is 0 Å². The minimum absolute atomic E-state index is 0.149. The van der Waals surface area contributed by atoms with E-state index in [-0.39, 0.29) is 5.91 Å². The van der Waals surface area contributed by atoms with Crippen LogP contribution in [0.15, 0.2) is 60.8 Å². The van der Waals surface area contributed by atoms with Gasteiger partial charge in [-0.2, -0.15) is 0 Å². The summed E-state index contributed by atoms with van der Waals surface area (Å²) >= 11 is 1.79. The number of aryl methyl sites for hydroxylation is 2. The standard InChI is InChI=1S/C29H36N4O2S/c1-3-33-19-21-13-14-36-32(2)25-16-22(17-26(33)28(21)25)29(35)31-24(15-20-9-5-4-6-10-20)27(34)18-30-23-11-7-8-12-23/h4-10,16-17,19,23-24,27,30,34H,3,11-15,18H2,1-2H3,(H,31,35)/t24-,27+/m0/s1. The molecule has 2 aliphatic rings. The van der Waals surface area contributed by atoms with Crippen LogP contribution in [0.4, 0.5) is 5.69 Å². The van der Waals surface area contributed by atoms with Gasteiger partial charge in [-0.1, -0.05) is 42.5 Å². The second-order valence-corrected chi connectivity index (χ2v) is 11.0. The lowest BCUT2D eigenvalue weighted by Gasteiger charge is -2.26. The van der Waals surface area contributed by atoms with Gasteiger partial charge < -0.3 is 24.6 Å². The van der Waals surface area contributed by atoms with Crippen molar-refractivity contribution in [3.63, 3.8) is 0 Å². The average molecular weight is 505 g/mol. The molecule has 7 heteroatoms. The summed E-state index contributed by atoms with van der Waals surface area (Å²) in [6.45, 7) is 3.43. The third kappa shape index (κ3) is 5.33. The molecule has 3 N–H and O–H groups in total. The highest BCUT2D eigenvalue weighted by atomic mass is 32.2. The van der Waals surface area contributed by atoms with Gasteiger partial charge in [-0.25, -0.2) is 0 Å². The molecule has 2 atom stereocenters. The van der Waals surface area contributed by atoms with Crippen LogP contribution < -0.4 is 14.9 Å². The molecule has 1 aliphatic heterocycles. The van der Waals surface area contributed by atoms with Gasteiger partial charge in [-0.3, -0.25) is 4.79 Å². The van der Waals surface area contributed by atoms with Crippen LogP contribution in [-0.2, 0) is 19.4 Å². The number of nitrogens with zero attached hydrogens (tertiary/aromatic N) is 2. The topological polar surface area (TPSA) is 69.5 Å². The fraction of sp³-hybridized carbons (Fsp3) is 0.414. The highest BCUT2D eigenvalue weighted by molar-refractivity contribution is 8.00. The summed E-state index contributed by atoms with van der Waals surface area (Å²) in [7, 11) is 2.07. The molecule has 5 rings (SSSR count). The quantitative estimate of drug-likeness (QED) is 0.299. The third-order valence-corrected chi connectivity index (χ3v) is 8.31. The molecule has 0 radical (unpaired) electrons. The van der Waals surface area contributed by atoms with Crippen LogP contribution >= 0.6 is 11.9 Å². The Balaban J connectivity index is 1.41. The van der Waals surface area contributed by atoms with Crippen molar-refractivity contribution in [2.45, 2.75) is 57.3 Å². The Labute approximate surface area is 217 Å². The molecule has 2 heterocycles. The van der Waals surface area contributed by atoms with Gasteiger partial charge in [-0.15, -0.1) is 0 Å². The maximum absolute atomic E-state index is 13.7. The minimum atomic E-state index is -0.704. The first-order valence-corrected chi connectivity index (χ1v) is 13.9. The molecule has 6 nitrogen and oxygen atoms in total. The van der Waals surface area contributed by atoms with E-state index in [4.69, 9.17) is 0 Å². The highest BCUT2D eigenvalue weighted by Gasteiger charge is 2.26. The Morgan fingerprint density at radius 1 is 1.19 bits per heavy atom. The lowest BCUT2D eigenvalue weighted by Crippen LogP contribution is -2.49. The van der Waals surface area contributed by atoms with E-state index in [2.05, 4.69) is 51.8 Å². The van der Waals surface area contributed by atoms with Crippen LogP contribution in [0.25, 0.3) is 10.9 Å². The molecule has 36 heavy (non-hydrogen) atoms. The van der Waals surface area contributed by atoms with Crippen LogP contribution in [0, 0.1) is 0 Å². The number of benzene rings is 2. The first-order chi connectivity index (χ1) is 17.5. The van der Waals surface area contributed by atoms with Gasteiger partial charge in [-0.05, 0) is 67.8 Å². The molecule has 0 bridgehead atoms. The largest absolute Gasteiger partial charge is 0.390 e. The number of anilines is 1. The number of aliphatic hydroxyl groups excluding tert-OH is 1. The molecule has 0 saturated heterocycles. The Bertz CT molecular complexity index is 1230. The number of hydrogen-bond donors (Lipinski definition) is 3. The Morgan fingerprint density at radius 2 is 1.97 bits per heavy atom. The summed E-state index contributed by atoms with van der Waals surface area (Å²) in [6, 6.07) is 14.0. The number of aromatic nitrogens is 1. The number of nitrogens with one attached hydrogen (secondary N) is 2. The molecule has 0 unspecified atom stereocenters. The number of rotatable bonds is 9. The third-order valence-electron chi connectivity index (χ3n) is 7.34. The van der Waals surface area contributed by atoms with Gasteiger partial charge in [0.2, 0.25) is 0 Å². The summed E-state index contributed by atoms with van der Waals surface area (Å²) in [5.74, 6) is 0.869. The molecular weight excluding hydrogens is 468 g/mol. The molecule has 1 aliphatic carbocycles. The minimum Gasteiger partial charge on any atom is -0.390 e. The van der Waals surface area contributed by atoms with Crippen molar-refractivity contribution in [2.75, 3.05) is 23.7 Å². The molecule has 190 valence electrons. The molecular formula is C29H36N4O2S. The zero-order chi connectivity index (χ0) is 25.1. The average Bonchev–Trinajstić information content (AvgIpc) is 3.51. The van der Waals surface area contributed by atoms with E-state index in [1.807, 2.05) is 42.5 Å². The van der Waals surface area contributed by atoms with Crippen molar-refractivity contribution >= 4 is 34.4 Å². The highest BCUT2D eigenvalue weighted by Crippen LogP contribution is 2.38. The maximum Gasteiger partial charge on any atom is 0.251 e. The summed E-state index contributed by atoms with van der Waals surface area (Å²) < 4.78 is 4.43. The number of hydrogen-bond acceptors (Lipinski definition) is 5. The van der Waals surface area contributed by atoms with Crippen LogP contribution in [0.1, 0.15) is 41.3 Å². The lowest BCUT2D eigenvalue weighted by atomic mass is 9.99. The number of carbonyl (C=O) groups excluding carboxylic acids is 1. The zero-order valence-corrected chi connectivity index (χ0v) is 21.9. The molecule has 3 aromatic rings. The van der Waals surface area contributed by atoms with E-state index in [9.17, 15) is 9.90 Å². The van der Waals surface area contributed by atoms with Gasteiger partial charge >= 0.3 is 0 Å². The van der Waals surface area contributed by atoms with Crippen molar-refractivity contribution in [1.29, 1.82) is 0 Å². The summed E-state index contributed by atoms with van der Waals surface area (Å²) in [6.07, 6.45) is 9.43. The monoisotopic (exact) mass is 504 g/mol. The van der Waals surface area contributed by atoms with Crippen molar-refractivity contribution in [3.05, 3.63) is 77.5 Å². The van der Waals surface area contributed by atoms with E-state index >= 15 is 0 Å². The smallest absolute Gasteiger partial charge is 0.251 e. The maximum atomic E-state index is 13.7. The molecule has 0 spiro atoms. The first kappa shape index (κ1) is 24.9. The SMILES string of the molecule is CCn1cc2c3c(cc(C(=O)N[C@@H](Cc4ccccc4)[C@H](O)CNC4CC=CC4)cc31)N(C)SCC2. The van der Waals surface area contributed by atoms with Crippen LogP contribution in [-0.4, -0.2) is 53.1 Å². The Morgan fingerprint density at radius 3 is 2.72 bits per heavy atom. The van der Waals surface area contributed by atoms with E-state index < -0.39 is 12.1 Å². The van der Waals surface area contributed by atoms with E-state index in [1.165, 1.54) is 10.9 Å². The van der Waals surface area contributed by atoms with Crippen molar-refractivity contribution in [3.8, 4) is 0 Å². The Hall–Kier alpha value is -2.74. The van der Waals surface area contributed by atoms with Crippen LogP contribution in [0.3, 0.4) is 0 Å². The summed E-state index contributed by atoms with van der Waals surface area (Å²) in [5, 5.41) is 19.1. The number of amides is 1. The summed E-state index contributed by atoms with van der Waals surface area (Å²) in [5.41, 5.74) is 5.24. The van der Waals surface area contributed by atoms with Crippen LogP contribution in [0.5, 0.6) is 0 Å². The van der Waals surface area contributed by atoms with E-state index in [0.29, 0.717) is 24.6 Å². The molecule has 0 fully saturated rings. The fourth-order valence-corrected chi connectivity index (χ4v) is 6.17. The van der Waals surface area contributed by atoms with E-state index in [1.54, 1.807) is 11.9 Å². The summed E-state index contributed by atoms with van der Waals surface area (Å²) in [4.78, 5) is 13.7. The van der Waals surface area contributed by atoms with Gasteiger partial charge in [0.1, 0.15) is 0 Å². The van der Waals surface area contributed by atoms with Crippen molar-refractivity contribution in [1.82, 2.24) is 15.2 Å². The molecule has 1 amide bonds. The van der Waals surface area contributed by atoms with Crippen LogP contribution in [0.2, 0.25) is 0 Å². The molecule has 2 aromatic carbocycles. The number of carbonyl (C=O) groups is 1. The molecule has 0 saturated carbocycles. The van der Waals surface area contributed by atoms with Crippen molar-refractivity contribution in [2.24, 2.45) is 0 Å². The fourth-order valence-electron chi connectivity index (χ4n) is 5.30. The predicted molar refractivity (Wildman–Crippen MR) is 150 cm³/mol. The second-order valence-electron chi connectivity index (χ2n) is 9.80. The van der Waals surface area contributed by atoms with Gasteiger partial charge in [0, 0.05) is 49.1 Å². The van der Waals surface area contributed by atoms with Gasteiger partial charge in [0.25, 0.3) is 5.91 Å². The second kappa shape index (κ2) is 11.1. The zero-order valence-electron chi connectivity index (χ0n) is 21.1. The predicted octanol–water partition coefficient (Wildman–Crippen LogP) is 4.31. The lowest BCUT2D eigenvalue weighted by molar-refractivity contribution is 0.0825. The molecule has 1 aromatic heterocycles. The van der Waals surface area contributed by atoms with Crippen molar-refractivity contribution < 1.29 is 9.90 Å².